The highest BCUT2D eigenvalue weighted by Gasteiger charge is 2.48. The number of nitrogens with zero attached hydrogens (tertiary/aromatic N) is 3. The van der Waals surface area contributed by atoms with Gasteiger partial charge in [-0.1, -0.05) is 12.1 Å². The van der Waals surface area contributed by atoms with Gasteiger partial charge in [-0.15, -0.1) is 0 Å². The molecule has 1 aromatic heterocycles. The van der Waals surface area contributed by atoms with Gasteiger partial charge in [-0.05, 0) is 25.0 Å². The van der Waals surface area contributed by atoms with Crippen molar-refractivity contribution in [3.8, 4) is 0 Å². The summed E-state index contributed by atoms with van der Waals surface area (Å²) in [5, 5.41) is 10.6. The topological polar surface area (TPSA) is 75.4 Å². The van der Waals surface area contributed by atoms with Gasteiger partial charge in [0.1, 0.15) is 11.9 Å². The average molecular weight is 403 g/mol. The molecule has 2 aromatic rings. The molecule has 0 aliphatic carbocycles. The largest absolute Gasteiger partial charge is 0.501 e. The Labute approximate surface area is 155 Å². The lowest BCUT2D eigenvalue weighted by atomic mass is 9.91. The van der Waals surface area contributed by atoms with Crippen molar-refractivity contribution in [3.63, 3.8) is 0 Å². The third-order valence-electron chi connectivity index (χ3n) is 4.83. The van der Waals surface area contributed by atoms with Gasteiger partial charge in [0.15, 0.2) is 0 Å². The fourth-order valence-corrected chi connectivity index (χ4v) is 4.41. The molecular weight excluding hydrogens is 383 g/mol. The highest BCUT2D eigenvalue weighted by Crippen LogP contribution is 2.38. The van der Waals surface area contributed by atoms with Crippen molar-refractivity contribution in [2.24, 2.45) is 13.0 Å². The first-order valence-corrected chi connectivity index (χ1v) is 9.92. The maximum Gasteiger partial charge on any atom is 0.501 e. The second-order valence-corrected chi connectivity index (χ2v) is 8.52. The van der Waals surface area contributed by atoms with Crippen molar-refractivity contribution < 1.29 is 26.7 Å². The van der Waals surface area contributed by atoms with E-state index in [-0.39, 0.29) is 18.2 Å². The molecule has 1 N–H and O–H groups in total. The molecule has 3 rings (SSSR count). The molecule has 0 radical (unpaired) electrons. The summed E-state index contributed by atoms with van der Waals surface area (Å²) in [6.07, 6.45) is 3.65. The van der Waals surface area contributed by atoms with E-state index in [1.165, 1.54) is 18.2 Å². The number of alkyl halides is 3. The molecule has 1 aromatic carbocycles. The molecule has 2 unspecified atom stereocenters. The first-order valence-electron chi connectivity index (χ1n) is 8.43. The van der Waals surface area contributed by atoms with Crippen LogP contribution < -0.4 is 4.90 Å². The number of hydrogen-bond donors (Lipinski definition) is 1. The van der Waals surface area contributed by atoms with E-state index >= 15 is 0 Å². The van der Waals surface area contributed by atoms with Crippen LogP contribution >= 0.6 is 0 Å². The van der Waals surface area contributed by atoms with Crippen LogP contribution in [-0.4, -0.2) is 41.7 Å². The highest BCUT2D eigenvalue weighted by atomic mass is 32.2. The second-order valence-electron chi connectivity index (χ2n) is 6.61. The minimum Gasteiger partial charge on any atom is -0.385 e. The number of rotatable bonds is 4. The van der Waals surface area contributed by atoms with E-state index in [0.717, 1.165) is 6.07 Å². The van der Waals surface area contributed by atoms with Crippen LogP contribution in [0.3, 0.4) is 0 Å². The number of halogens is 3. The van der Waals surface area contributed by atoms with Crippen LogP contribution in [0.15, 0.2) is 41.6 Å². The van der Waals surface area contributed by atoms with Gasteiger partial charge >= 0.3 is 5.51 Å². The van der Waals surface area contributed by atoms with Crippen LogP contribution in [0.2, 0.25) is 0 Å². The first kappa shape index (κ1) is 19.7. The third-order valence-corrected chi connectivity index (χ3v) is 6.36. The van der Waals surface area contributed by atoms with E-state index in [1.54, 1.807) is 28.9 Å². The first-order chi connectivity index (χ1) is 12.6. The standard InChI is InChI=1S/C17H20F3N3O3S/c1-22-10-8-21-16(22)15(24)12-5-4-9-23(11-12)13-6-2-3-7-14(13)27(25,26)17(18,19)20/h2-3,6-8,10,12,15,24H,4-5,9,11H2,1H3. The predicted octanol–water partition coefficient (Wildman–Crippen LogP) is 2.66. The molecular formula is C17H20F3N3O3S. The van der Waals surface area contributed by atoms with E-state index in [9.17, 15) is 26.7 Å². The van der Waals surface area contributed by atoms with Crippen LogP contribution in [0.5, 0.6) is 0 Å². The third kappa shape index (κ3) is 3.68. The van der Waals surface area contributed by atoms with Crippen molar-refractivity contribution >= 4 is 15.5 Å². The number of anilines is 1. The molecule has 0 spiro atoms. The van der Waals surface area contributed by atoms with Crippen molar-refractivity contribution in [1.29, 1.82) is 0 Å². The molecule has 27 heavy (non-hydrogen) atoms. The van der Waals surface area contributed by atoms with E-state index in [0.29, 0.717) is 25.2 Å². The Morgan fingerprint density at radius 2 is 2.00 bits per heavy atom. The monoisotopic (exact) mass is 403 g/mol. The predicted molar refractivity (Wildman–Crippen MR) is 92.8 cm³/mol. The summed E-state index contributed by atoms with van der Waals surface area (Å²) >= 11 is 0. The molecule has 1 saturated heterocycles. The van der Waals surface area contributed by atoms with Gasteiger partial charge in [-0.3, -0.25) is 0 Å². The summed E-state index contributed by atoms with van der Waals surface area (Å²) in [5.74, 6) is 0.194. The number of aryl methyl sites for hydroxylation is 1. The zero-order valence-electron chi connectivity index (χ0n) is 14.6. The average Bonchev–Trinajstić information content (AvgIpc) is 3.06. The van der Waals surface area contributed by atoms with Gasteiger partial charge in [-0.25, -0.2) is 13.4 Å². The zero-order chi connectivity index (χ0) is 19.8. The van der Waals surface area contributed by atoms with Gasteiger partial charge in [0, 0.05) is 38.4 Å². The normalized spacial score (nSPS) is 19.9. The SMILES string of the molecule is Cn1ccnc1C(O)C1CCCN(c2ccccc2S(=O)(=O)C(F)(F)F)C1. The molecule has 1 aliphatic rings. The minimum absolute atomic E-state index is 0.00608. The quantitative estimate of drug-likeness (QED) is 0.850. The van der Waals surface area contributed by atoms with Crippen LogP contribution in [0, 0.1) is 5.92 Å². The Hall–Kier alpha value is -2.07. The Kier molecular flexibility index (Phi) is 5.22. The fourth-order valence-electron chi connectivity index (χ4n) is 3.43. The zero-order valence-corrected chi connectivity index (χ0v) is 15.4. The van der Waals surface area contributed by atoms with Crippen LogP contribution in [0.25, 0.3) is 0 Å². The van der Waals surface area contributed by atoms with Gasteiger partial charge < -0.3 is 14.6 Å². The van der Waals surface area contributed by atoms with Gasteiger partial charge in [-0.2, -0.15) is 13.2 Å². The molecule has 0 bridgehead atoms. The lowest BCUT2D eigenvalue weighted by molar-refractivity contribution is -0.0435. The van der Waals surface area contributed by atoms with Crippen molar-refractivity contribution in [3.05, 3.63) is 42.5 Å². The smallest absolute Gasteiger partial charge is 0.385 e. The molecule has 148 valence electrons. The molecule has 1 fully saturated rings. The minimum atomic E-state index is -5.46. The maximum absolute atomic E-state index is 13.0. The Balaban J connectivity index is 1.91. The summed E-state index contributed by atoms with van der Waals surface area (Å²) in [7, 11) is -3.72. The van der Waals surface area contributed by atoms with Crippen molar-refractivity contribution in [2.75, 3.05) is 18.0 Å². The number of benzene rings is 1. The summed E-state index contributed by atoms with van der Waals surface area (Å²) in [6.45, 7) is 0.645. The number of imidazole rings is 1. The Bertz CT molecular complexity index is 911. The Morgan fingerprint density at radius 3 is 2.63 bits per heavy atom. The summed E-state index contributed by atoms with van der Waals surface area (Å²) < 4.78 is 64.7. The number of aliphatic hydroxyl groups excluding tert-OH is 1. The maximum atomic E-state index is 13.0. The molecule has 6 nitrogen and oxygen atoms in total. The summed E-state index contributed by atoms with van der Waals surface area (Å²) in [6, 6.07) is 5.11. The highest BCUT2D eigenvalue weighted by molar-refractivity contribution is 7.92. The lowest BCUT2D eigenvalue weighted by Crippen LogP contribution is -2.39. The number of aromatic nitrogens is 2. The number of piperidine rings is 1. The van der Waals surface area contributed by atoms with E-state index in [2.05, 4.69) is 4.98 Å². The second kappa shape index (κ2) is 7.16. The van der Waals surface area contributed by atoms with Crippen LogP contribution in [0.1, 0.15) is 24.8 Å². The molecule has 1 aliphatic heterocycles. The lowest BCUT2D eigenvalue weighted by Gasteiger charge is -2.37. The van der Waals surface area contributed by atoms with E-state index in [4.69, 9.17) is 0 Å². The molecule has 2 heterocycles. The van der Waals surface area contributed by atoms with Crippen molar-refractivity contribution in [2.45, 2.75) is 29.3 Å². The Morgan fingerprint density at radius 1 is 1.30 bits per heavy atom. The number of sulfone groups is 1. The van der Waals surface area contributed by atoms with E-state index < -0.39 is 26.3 Å². The summed E-state index contributed by atoms with van der Waals surface area (Å²) in [4.78, 5) is 4.96. The molecule has 10 heteroatoms. The van der Waals surface area contributed by atoms with Crippen LogP contribution in [-0.2, 0) is 16.9 Å². The van der Waals surface area contributed by atoms with E-state index in [1.807, 2.05) is 0 Å². The molecule has 0 saturated carbocycles. The van der Waals surface area contributed by atoms with Crippen LogP contribution in [0.4, 0.5) is 18.9 Å². The number of aliphatic hydroxyl groups is 1. The van der Waals surface area contributed by atoms with Gasteiger partial charge in [0.25, 0.3) is 9.84 Å². The van der Waals surface area contributed by atoms with Crippen molar-refractivity contribution in [1.82, 2.24) is 9.55 Å². The summed E-state index contributed by atoms with van der Waals surface area (Å²) in [5.41, 5.74) is -5.36. The van der Waals surface area contributed by atoms with Gasteiger partial charge in [0.2, 0.25) is 0 Å². The molecule has 0 amide bonds. The number of para-hydroxylation sites is 1. The fraction of sp³-hybridized carbons (Fsp3) is 0.471. The molecule has 2 atom stereocenters. The number of hydrogen-bond acceptors (Lipinski definition) is 5. The van der Waals surface area contributed by atoms with Gasteiger partial charge in [0.05, 0.1) is 10.6 Å².